The number of carbonyl (C=O) groups is 3. The van der Waals surface area contributed by atoms with Gasteiger partial charge in [0.25, 0.3) is 0 Å². The highest BCUT2D eigenvalue weighted by molar-refractivity contribution is 5.90. The summed E-state index contributed by atoms with van der Waals surface area (Å²) >= 11 is 0. The van der Waals surface area contributed by atoms with Crippen LogP contribution in [0.2, 0.25) is 0 Å². The average Bonchev–Trinajstić information content (AvgIpc) is 3.02. The number of para-hydroxylation sites is 1. The number of rotatable bonds is 16. The van der Waals surface area contributed by atoms with Crippen molar-refractivity contribution in [1.82, 2.24) is 20.9 Å². The zero-order valence-corrected chi connectivity index (χ0v) is 26.8. The number of aliphatic hydroxyl groups excluding tert-OH is 1. The molecule has 2 aromatic carbocycles. The minimum Gasteiger partial charge on any atom is -0.508 e. The molecule has 0 aliphatic heterocycles. The van der Waals surface area contributed by atoms with Crippen molar-refractivity contribution in [2.75, 3.05) is 33.3 Å². The molecular weight excluding hydrogens is 560 g/mol. The Morgan fingerprint density at radius 2 is 1.75 bits per heavy atom. The van der Waals surface area contributed by atoms with E-state index < -0.39 is 18.2 Å². The number of aliphatic hydroxyl groups is 1. The summed E-state index contributed by atoms with van der Waals surface area (Å²) in [4.78, 5) is 38.0. The zero-order chi connectivity index (χ0) is 32.3. The number of carbonyl (C=O) groups excluding carboxylic acids is 3. The van der Waals surface area contributed by atoms with Crippen molar-refractivity contribution in [3.05, 3.63) is 59.7 Å². The number of nitrogens with one attached hydrogen (secondary N) is 3. The van der Waals surface area contributed by atoms with Gasteiger partial charge in [0.2, 0.25) is 18.2 Å². The highest BCUT2D eigenvalue weighted by Gasteiger charge is 2.37. The van der Waals surface area contributed by atoms with Crippen molar-refractivity contribution in [3.63, 3.8) is 0 Å². The number of phenols is 1. The molecule has 44 heavy (non-hydrogen) atoms. The van der Waals surface area contributed by atoms with Gasteiger partial charge >= 0.3 is 0 Å². The fourth-order valence-corrected chi connectivity index (χ4v) is 5.49. The van der Waals surface area contributed by atoms with Gasteiger partial charge in [-0.15, -0.1) is 0 Å². The summed E-state index contributed by atoms with van der Waals surface area (Å²) in [6.45, 7) is 7.24. The second-order valence-corrected chi connectivity index (χ2v) is 11.3. The average molecular weight is 613 g/mol. The minimum absolute atomic E-state index is 0.176. The molecule has 3 amide bonds. The Labute approximate surface area is 262 Å². The molecule has 1 fully saturated rings. The van der Waals surface area contributed by atoms with E-state index in [1.165, 1.54) is 23.8 Å². The standard InChI is InChI=1S/C27H44N4O5.C7H8O/c1-4-29-26(34)25(20(2)33)31(3)27(35)24(22-12-6-5-7-13-22)30-17-18-36-23-15-9-8-11-21(23)14-10-16-28-19-32;1-6-2-4-7(8)5-3-6/h8-9,11,15,19-20,22,24-25,30,33H,4-7,10,12-14,16-18H2,1-3H3,(H,28,32)(H,29,34);2-5,8H,1H3. The van der Waals surface area contributed by atoms with Crippen LogP contribution >= 0.6 is 0 Å². The topological polar surface area (TPSA) is 140 Å². The number of ether oxygens (including phenoxy) is 1. The maximum atomic E-state index is 13.6. The molecule has 5 N–H and O–H groups in total. The number of nitrogens with zero attached hydrogens (tertiary/aromatic N) is 1. The number of hydrogen-bond acceptors (Lipinski definition) is 7. The lowest BCUT2D eigenvalue weighted by molar-refractivity contribution is -0.145. The third-order valence-corrected chi connectivity index (χ3v) is 7.81. The van der Waals surface area contributed by atoms with E-state index in [2.05, 4.69) is 16.0 Å². The predicted octanol–water partition coefficient (Wildman–Crippen LogP) is 3.33. The first-order chi connectivity index (χ1) is 21.2. The van der Waals surface area contributed by atoms with E-state index in [1.54, 1.807) is 19.2 Å². The number of amides is 3. The number of hydrogen-bond donors (Lipinski definition) is 5. The molecular formula is C34H52N4O6. The molecule has 10 nitrogen and oxygen atoms in total. The van der Waals surface area contributed by atoms with Gasteiger partial charge < -0.3 is 35.8 Å². The first-order valence-corrected chi connectivity index (χ1v) is 15.8. The predicted molar refractivity (Wildman–Crippen MR) is 172 cm³/mol. The molecule has 0 spiro atoms. The highest BCUT2D eigenvalue weighted by Crippen LogP contribution is 2.28. The molecule has 10 heteroatoms. The van der Waals surface area contributed by atoms with Crippen LogP contribution in [0.1, 0.15) is 63.5 Å². The van der Waals surface area contributed by atoms with E-state index in [0.717, 1.165) is 49.8 Å². The van der Waals surface area contributed by atoms with Crippen LogP contribution in [0.5, 0.6) is 11.5 Å². The van der Waals surface area contributed by atoms with Crippen LogP contribution in [0.3, 0.4) is 0 Å². The molecule has 0 radical (unpaired) electrons. The number of phenolic OH excluding ortho intramolecular Hbond substituents is 1. The third kappa shape index (κ3) is 12.5. The molecule has 0 heterocycles. The van der Waals surface area contributed by atoms with Crippen molar-refractivity contribution >= 4 is 18.2 Å². The molecule has 244 valence electrons. The molecule has 1 aliphatic carbocycles. The first kappa shape index (κ1) is 36.6. The zero-order valence-electron chi connectivity index (χ0n) is 26.8. The second-order valence-electron chi connectivity index (χ2n) is 11.3. The van der Waals surface area contributed by atoms with Crippen LogP contribution in [-0.4, -0.2) is 84.8 Å². The number of likely N-dealkylation sites (N-methyl/N-ethyl adjacent to an activating group) is 2. The Kier molecular flexibility index (Phi) is 16.9. The van der Waals surface area contributed by atoms with Crippen molar-refractivity contribution in [1.29, 1.82) is 0 Å². The van der Waals surface area contributed by atoms with E-state index in [0.29, 0.717) is 38.4 Å². The summed E-state index contributed by atoms with van der Waals surface area (Å²) in [5.74, 6) is 0.774. The van der Waals surface area contributed by atoms with Gasteiger partial charge in [-0.1, -0.05) is 55.2 Å². The Morgan fingerprint density at radius 3 is 2.36 bits per heavy atom. The Bertz CT molecular complexity index is 1100. The van der Waals surface area contributed by atoms with Crippen LogP contribution in [-0.2, 0) is 20.8 Å². The lowest BCUT2D eigenvalue weighted by atomic mass is 9.83. The quantitative estimate of drug-likeness (QED) is 0.145. The van der Waals surface area contributed by atoms with Gasteiger partial charge in [0.05, 0.1) is 12.1 Å². The summed E-state index contributed by atoms with van der Waals surface area (Å²) in [6, 6.07) is 13.5. The monoisotopic (exact) mass is 612 g/mol. The Morgan fingerprint density at radius 1 is 1.07 bits per heavy atom. The molecule has 0 saturated heterocycles. The van der Waals surface area contributed by atoms with Gasteiger partial charge in [0.1, 0.15) is 24.1 Å². The lowest BCUT2D eigenvalue weighted by Gasteiger charge is -2.36. The van der Waals surface area contributed by atoms with E-state index in [-0.39, 0.29) is 17.7 Å². The van der Waals surface area contributed by atoms with Gasteiger partial charge in [-0.05, 0) is 76.1 Å². The van der Waals surface area contributed by atoms with Gasteiger partial charge in [0, 0.05) is 26.7 Å². The minimum atomic E-state index is -0.987. The summed E-state index contributed by atoms with van der Waals surface area (Å²) in [6.07, 6.45) is 6.57. The van der Waals surface area contributed by atoms with Gasteiger partial charge in [-0.25, -0.2) is 0 Å². The summed E-state index contributed by atoms with van der Waals surface area (Å²) < 4.78 is 6.05. The van der Waals surface area contributed by atoms with Crippen LogP contribution in [0.25, 0.3) is 0 Å². The Balaban J connectivity index is 0.000000727. The molecule has 0 bridgehead atoms. The second kappa shape index (κ2) is 20.3. The number of aromatic hydroxyl groups is 1. The largest absolute Gasteiger partial charge is 0.508 e. The molecule has 1 aliphatic rings. The molecule has 3 atom stereocenters. The SMILES string of the molecule is CCNC(=O)C(C(C)O)N(C)C(=O)C(NCCOc1ccccc1CCCNC=O)C1CCCCC1.Cc1ccc(O)cc1. The van der Waals surface area contributed by atoms with Crippen molar-refractivity contribution in [3.8, 4) is 11.5 Å². The molecule has 3 unspecified atom stereocenters. The van der Waals surface area contributed by atoms with Crippen molar-refractivity contribution in [2.24, 2.45) is 5.92 Å². The van der Waals surface area contributed by atoms with Crippen molar-refractivity contribution in [2.45, 2.75) is 83.9 Å². The summed E-state index contributed by atoms with van der Waals surface area (Å²) in [5.41, 5.74) is 2.24. The highest BCUT2D eigenvalue weighted by atomic mass is 16.5. The van der Waals surface area contributed by atoms with Gasteiger partial charge in [0.15, 0.2) is 0 Å². The van der Waals surface area contributed by atoms with E-state index >= 15 is 0 Å². The lowest BCUT2D eigenvalue weighted by Crippen LogP contribution is -2.59. The fraction of sp³-hybridized carbons (Fsp3) is 0.559. The van der Waals surface area contributed by atoms with Gasteiger partial charge in [-0.3, -0.25) is 14.4 Å². The summed E-state index contributed by atoms with van der Waals surface area (Å²) in [5, 5.41) is 27.8. The van der Waals surface area contributed by atoms with E-state index in [9.17, 15) is 19.5 Å². The van der Waals surface area contributed by atoms with Crippen LogP contribution in [0, 0.1) is 12.8 Å². The van der Waals surface area contributed by atoms with Crippen LogP contribution in [0.4, 0.5) is 0 Å². The summed E-state index contributed by atoms with van der Waals surface area (Å²) in [7, 11) is 1.60. The molecule has 3 rings (SSSR count). The molecule has 1 saturated carbocycles. The molecule has 0 aromatic heterocycles. The maximum Gasteiger partial charge on any atom is 0.245 e. The molecule has 2 aromatic rings. The maximum absolute atomic E-state index is 13.6. The normalized spacial score (nSPS) is 15.1. The van der Waals surface area contributed by atoms with Gasteiger partial charge in [-0.2, -0.15) is 0 Å². The first-order valence-electron chi connectivity index (χ1n) is 15.8. The number of aryl methyl sites for hydroxylation is 2. The van der Waals surface area contributed by atoms with E-state index in [4.69, 9.17) is 9.84 Å². The smallest absolute Gasteiger partial charge is 0.245 e. The third-order valence-electron chi connectivity index (χ3n) is 7.81. The van der Waals surface area contributed by atoms with Crippen molar-refractivity contribution < 1.29 is 29.3 Å². The van der Waals surface area contributed by atoms with Crippen LogP contribution < -0.4 is 20.7 Å². The number of benzene rings is 2. The van der Waals surface area contributed by atoms with E-state index in [1.807, 2.05) is 50.2 Å². The fourth-order valence-electron chi connectivity index (χ4n) is 5.49. The Hall–Kier alpha value is -3.63. The van der Waals surface area contributed by atoms with Crippen LogP contribution in [0.15, 0.2) is 48.5 Å².